The van der Waals surface area contributed by atoms with Gasteiger partial charge in [-0.2, -0.15) is 11.8 Å². The van der Waals surface area contributed by atoms with Gasteiger partial charge < -0.3 is 20.1 Å². The smallest absolute Gasteiger partial charge is 0.274 e. The largest absolute Gasteiger partial charge is 0.472 e. The zero-order valence-corrected chi connectivity index (χ0v) is 23.0. The molecule has 1 unspecified atom stereocenters. The summed E-state index contributed by atoms with van der Waals surface area (Å²) in [5.41, 5.74) is 1.39. The molecule has 2 aliphatic rings. The van der Waals surface area contributed by atoms with E-state index in [0.717, 1.165) is 30.8 Å². The number of aromatic nitrogens is 3. The molecule has 38 heavy (non-hydrogen) atoms. The third-order valence-corrected chi connectivity index (χ3v) is 8.03. The third kappa shape index (κ3) is 6.09. The molecule has 0 spiro atoms. The molecule has 12 heteroatoms. The van der Waals surface area contributed by atoms with Gasteiger partial charge in [0.15, 0.2) is 5.82 Å². The highest BCUT2D eigenvalue weighted by atomic mass is 35.5. The molecule has 1 atom stereocenters. The fourth-order valence-corrected chi connectivity index (χ4v) is 5.30. The van der Waals surface area contributed by atoms with Crippen LogP contribution in [-0.4, -0.2) is 63.4 Å². The average Bonchev–Trinajstić information content (AvgIpc) is 3.31. The van der Waals surface area contributed by atoms with E-state index < -0.39 is 5.91 Å². The molecule has 9 nitrogen and oxygen atoms in total. The van der Waals surface area contributed by atoms with Gasteiger partial charge in [0, 0.05) is 41.9 Å². The first-order valence-electron chi connectivity index (χ1n) is 12.4. The summed E-state index contributed by atoms with van der Waals surface area (Å²) >= 11 is 14.4. The number of aryl methyl sites for hydroxylation is 1. The summed E-state index contributed by atoms with van der Waals surface area (Å²) in [7, 11) is 0. The number of benzene rings is 1. The Morgan fingerprint density at radius 3 is 2.76 bits per heavy atom. The minimum atomic E-state index is -0.507. The number of rotatable bonds is 8. The van der Waals surface area contributed by atoms with Crippen molar-refractivity contribution >= 4 is 52.5 Å². The minimum Gasteiger partial charge on any atom is -0.472 e. The van der Waals surface area contributed by atoms with E-state index >= 15 is 0 Å². The van der Waals surface area contributed by atoms with Crippen LogP contribution in [-0.2, 0) is 4.74 Å². The maximum absolute atomic E-state index is 13.6. The number of carbonyl (C=O) groups excluding carboxylic acids is 2. The number of halogens is 2. The van der Waals surface area contributed by atoms with Gasteiger partial charge in [0.25, 0.3) is 11.8 Å². The molecule has 2 saturated heterocycles. The molecule has 1 aromatic carbocycles. The van der Waals surface area contributed by atoms with Crippen LogP contribution in [0.4, 0.5) is 5.69 Å². The van der Waals surface area contributed by atoms with Crippen molar-refractivity contribution in [3.05, 3.63) is 63.4 Å². The van der Waals surface area contributed by atoms with Crippen molar-refractivity contribution in [3.63, 3.8) is 0 Å². The number of carbonyl (C=O) groups is 2. The van der Waals surface area contributed by atoms with Crippen LogP contribution < -0.4 is 15.4 Å². The van der Waals surface area contributed by atoms with Gasteiger partial charge in [-0.15, -0.1) is 5.10 Å². The topological polar surface area (TPSA) is 107 Å². The van der Waals surface area contributed by atoms with Crippen molar-refractivity contribution in [2.24, 2.45) is 0 Å². The van der Waals surface area contributed by atoms with Crippen LogP contribution in [0.5, 0.6) is 5.88 Å². The zero-order chi connectivity index (χ0) is 26.6. The van der Waals surface area contributed by atoms with Crippen LogP contribution in [0.3, 0.4) is 0 Å². The molecule has 2 amide bonds. The molecule has 0 radical (unpaired) electrons. The summed E-state index contributed by atoms with van der Waals surface area (Å²) in [6.07, 6.45) is 4.55. The number of nitrogens with one attached hydrogen (secondary N) is 2. The highest BCUT2D eigenvalue weighted by molar-refractivity contribution is 8.00. The van der Waals surface area contributed by atoms with E-state index in [1.54, 1.807) is 49.1 Å². The first-order chi connectivity index (χ1) is 18.4. The summed E-state index contributed by atoms with van der Waals surface area (Å²) in [4.78, 5) is 31.1. The van der Waals surface area contributed by atoms with Gasteiger partial charge in [0.2, 0.25) is 5.88 Å². The molecule has 2 aliphatic heterocycles. The lowest BCUT2D eigenvalue weighted by molar-refractivity contribution is 0.0169. The number of nitrogens with zero attached hydrogens (tertiary/aromatic N) is 3. The molecule has 0 saturated carbocycles. The lowest BCUT2D eigenvalue weighted by atomic mass is 10.1. The molecular weight excluding hydrogens is 549 g/mol. The number of amides is 2. The molecule has 5 rings (SSSR count). The van der Waals surface area contributed by atoms with Gasteiger partial charge in [-0.1, -0.05) is 23.2 Å². The Kier molecular flexibility index (Phi) is 8.42. The van der Waals surface area contributed by atoms with E-state index in [4.69, 9.17) is 32.7 Å². The first kappa shape index (κ1) is 26.8. The van der Waals surface area contributed by atoms with Crippen LogP contribution in [0, 0.1) is 6.92 Å². The van der Waals surface area contributed by atoms with Gasteiger partial charge in [-0.25, -0.2) is 9.67 Å². The number of hydrogen-bond donors (Lipinski definition) is 2. The van der Waals surface area contributed by atoms with Crippen molar-refractivity contribution in [2.45, 2.75) is 38.4 Å². The quantitative estimate of drug-likeness (QED) is 0.392. The van der Waals surface area contributed by atoms with Gasteiger partial charge >= 0.3 is 0 Å². The normalized spacial score (nSPS) is 17.5. The average molecular weight is 577 g/mol. The summed E-state index contributed by atoms with van der Waals surface area (Å²) in [5.74, 6) is 1.43. The van der Waals surface area contributed by atoms with Crippen LogP contribution in [0.1, 0.15) is 45.7 Å². The Hall–Kier alpha value is -2.79. The van der Waals surface area contributed by atoms with Crippen LogP contribution >= 0.6 is 35.0 Å². The van der Waals surface area contributed by atoms with Crippen LogP contribution in [0.2, 0.25) is 10.0 Å². The molecule has 200 valence electrons. The number of thioether (sulfide) groups is 1. The maximum Gasteiger partial charge on any atom is 0.274 e. The van der Waals surface area contributed by atoms with Crippen molar-refractivity contribution in [1.82, 2.24) is 20.1 Å². The summed E-state index contributed by atoms with van der Waals surface area (Å²) in [6, 6.07) is 8.14. The van der Waals surface area contributed by atoms with E-state index in [-0.39, 0.29) is 35.2 Å². The lowest BCUT2D eigenvalue weighted by Gasteiger charge is -2.24. The maximum atomic E-state index is 13.6. The second-order valence-corrected chi connectivity index (χ2v) is 11.1. The van der Waals surface area contributed by atoms with Crippen molar-refractivity contribution in [3.8, 4) is 11.7 Å². The van der Waals surface area contributed by atoms with Crippen molar-refractivity contribution in [2.75, 3.05) is 30.0 Å². The molecule has 2 N–H and O–H groups in total. The molecule has 0 bridgehead atoms. The van der Waals surface area contributed by atoms with Crippen molar-refractivity contribution in [1.29, 1.82) is 0 Å². The number of hydrogen-bond acceptors (Lipinski definition) is 7. The Bertz CT molecular complexity index is 1340. The molecular formula is C26H27Cl2N5O4S. The van der Waals surface area contributed by atoms with E-state index in [2.05, 4.69) is 20.7 Å². The van der Waals surface area contributed by atoms with Crippen molar-refractivity contribution < 1.29 is 19.1 Å². The predicted octanol–water partition coefficient (Wildman–Crippen LogP) is 4.93. The van der Waals surface area contributed by atoms with Crippen LogP contribution in [0.25, 0.3) is 5.82 Å². The fraction of sp³-hybridized carbons (Fsp3) is 0.385. The Morgan fingerprint density at radius 2 is 2.05 bits per heavy atom. The number of ether oxygens (including phenoxy) is 2. The van der Waals surface area contributed by atoms with Crippen LogP contribution in [0.15, 0.2) is 36.5 Å². The number of anilines is 1. The Labute approximate surface area is 234 Å². The summed E-state index contributed by atoms with van der Waals surface area (Å²) < 4.78 is 13.0. The summed E-state index contributed by atoms with van der Waals surface area (Å²) in [5, 5.41) is 11.0. The highest BCUT2D eigenvalue weighted by Crippen LogP contribution is 2.29. The zero-order valence-electron chi connectivity index (χ0n) is 20.7. The van der Waals surface area contributed by atoms with E-state index in [0.29, 0.717) is 40.3 Å². The molecule has 3 aromatic rings. The molecule has 2 aromatic heterocycles. The summed E-state index contributed by atoms with van der Waals surface area (Å²) in [6.45, 7) is 2.85. The fourth-order valence-electron chi connectivity index (χ4n) is 4.26. The van der Waals surface area contributed by atoms with Gasteiger partial charge in [-0.3, -0.25) is 9.59 Å². The highest BCUT2D eigenvalue weighted by Gasteiger charge is 2.26. The SMILES string of the molecule is Cc1cc(Cl)cc(C(=O)NCC2CCCCO2)c1NC(=O)c1cc(OC2CSC2)nn1-c1ncccc1Cl. The van der Waals surface area contributed by atoms with Gasteiger partial charge in [-0.05, 0) is 56.0 Å². The molecule has 2 fully saturated rings. The second kappa shape index (κ2) is 11.9. The standard InChI is InChI=1S/C26H27Cl2N5O4S/c1-15-9-16(27)10-19(25(34)30-12-17-5-2-3-8-36-17)23(15)31-26(35)21-11-22(37-18-13-38-14-18)32-33(21)24-20(28)6-4-7-29-24/h4,6-7,9-11,17-18H,2-3,5,8,12-14H2,1H3,(H,30,34)(H,31,35). The van der Waals surface area contributed by atoms with E-state index in [1.807, 2.05) is 0 Å². The second-order valence-electron chi connectivity index (χ2n) is 9.16. The van der Waals surface area contributed by atoms with Gasteiger partial charge in [0.1, 0.15) is 11.8 Å². The number of pyridine rings is 1. The monoisotopic (exact) mass is 575 g/mol. The third-order valence-electron chi connectivity index (χ3n) is 6.30. The molecule has 4 heterocycles. The Balaban J connectivity index is 1.42. The first-order valence-corrected chi connectivity index (χ1v) is 14.3. The van der Waals surface area contributed by atoms with E-state index in [9.17, 15) is 9.59 Å². The Morgan fingerprint density at radius 1 is 1.21 bits per heavy atom. The predicted molar refractivity (Wildman–Crippen MR) is 148 cm³/mol. The minimum absolute atomic E-state index is 0.0282. The lowest BCUT2D eigenvalue weighted by Crippen LogP contribution is -2.36. The van der Waals surface area contributed by atoms with Gasteiger partial charge in [0.05, 0.1) is 22.4 Å². The molecule has 0 aliphatic carbocycles. The van der Waals surface area contributed by atoms with E-state index in [1.165, 1.54) is 10.7 Å².